The van der Waals surface area contributed by atoms with E-state index in [1.807, 2.05) is 19.1 Å². The molecule has 2 aromatic carbocycles. The fourth-order valence-electron chi connectivity index (χ4n) is 1.70. The Morgan fingerprint density at radius 2 is 1.80 bits per heavy atom. The highest BCUT2D eigenvalue weighted by Crippen LogP contribution is 2.23. The molecule has 0 saturated heterocycles. The molecule has 1 N–H and O–H groups in total. The number of carbonyl (C=O) groups excluding carboxylic acids is 1. The van der Waals surface area contributed by atoms with Gasteiger partial charge in [-0.2, -0.15) is 0 Å². The fraction of sp³-hybridized carbons (Fsp3) is 0.133. The molecule has 5 heteroatoms. The quantitative estimate of drug-likeness (QED) is 0.817. The van der Waals surface area contributed by atoms with E-state index >= 15 is 0 Å². The third kappa shape index (κ3) is 3.22. The molecule has 2 rings (SSSR count). The van der Waals surface area contributed by atoms with Crippen LogP contribution in [-0.4, -0.2) is 5.91 Å². The highest BCUT2D eigenvalue weighted by Gasteiger charge is 2.12. The van der Waals surface area contributed by atoms with Gasteiger partial charge in [-0.15, -0.1) is 0 Å². The summed E-state index contributed by atoms with van der Waals surface area (Å²) in [6.07, 6.45) is 0.869. The van der Waals surface area contributed by atoms with E-state index in [4.69, 9.17) is 0 Å². The first-order valence-corrected chi connectivity index (χ1v) is 6.85. The number of benzene rings is 2. The molecule has 0 aliphatic heterocycles. The minimum absolute atomic E-state index is 0.0142. The molecule has 0 radical (unpaired) electrons. The summed E-state index contributed by atoms with van der Waals surface area (Å²) in [6, 6.07) is 8.88. The van der Waals surface area contributed by atoms with Crippen LogP contribution in [0.4, 0.5) is 14.5 Å². The lowest BCUT2D eigenvalue weighted by molar-refractivity contribution is 0.102. The van der Waals surface area contributed by atoms with Crippen molar-refractivity contribution in [3.8, 4) is 0 Å². The molecular weight excluding hydrogens is 328 g/mol. The van der Waals surface area contributed by atoms with E-state index in [0.717, 1.165) is 24.1 Å². The van der Waals surface area contributed by atoms with Gasteiger partial charge in [0.1, 0.15) is 11.6 Å². The van der Waals surface area contributed by atoms with Gasteiger partial charge < -0.3 is 5.32 Å². The second kappa shape index (κ2) is 6.13. The molecule has 0 aromatic heterocycles. The molecule has 0 aliphatic rings. The van der Waals surface area contributed by atoms with Crippen molar-refractivity contribution < 1.29 is 13.6 Å². The maximum atomic E-state index is 13.6. The first kappa shape index (κ1) is 14.7. The molecule has 2 nitrogen and oxygen atoms in total. The Hall–Kier alpha value is -1.75. The molecule has 20 heavy (non-hydrogen) atoms. The number of hydrogen-bond donors (Lipinski definition) is 1. The summed E-state index contributed by atoms with van der Waals surface area (Å²) < 4.78 is 27.0. The van der Waals surface area contributed by atoms with E-state index in [0.29, 0.717) is 5.56 Å². The largest absolute Gasteiger partial charge is 0.319 e. The van der Waals surface area contributed by atoms with Crippen LogP contribution < -0.4 is 5.32 Å². The molecular formula is C15H12BrF2NO. The monoisotopic (exact) mass is 339 g/mol. The summed E-state index contributed by atoms with van der Waals surface area (Å²) in [6.45, 7) is 2.01. The highest BCUT2D eigenvalue weighted by molar-refractivity contribution is 9.10. The van der Waals surface area contributed by atoms with E-state index in [9.17, 15) is 13.6 Å². The standard InChI is InChI=1S/C15H12BrF2NO/c1-2-9-3-5-10(6-4-9)15(20)19-14-8-12(17)11(16)7-13(14)18/h3-8H,2H2,1H3,(H,19,20). The predicted octanol–water partition coefficient (Wildman–Crippen LogP) is 4.54. The number of carbonyl (C=O) groups is 1. The van der Waals surface area contributed by atoms with Gasteiger partial charge in [-0.25, -0.2) is 8.78 Å². The number of anilines is 1. The van der Waals surface area contributed by atoms with Crippen LogP contribution >= 0.6 is 15.9 Å². The smallest absolute Gasteiger partial charge is 0.255 e. The van der Waals surface area contributed by atoms with Gasteiger partial charge in [0.15, 0.2) is 0 Å². The zero-order valence-electron chi connectivity index (χ0n) is 10.7. The van der Waals surface area contributed by atoms with Crippen molar-refractivity contribution in [2.24, 2.45) is 0 Å². The third-order valence-electron chi connectivity index (χ3n) is 2.88. The van der Waals surface area contributed by atoms with Crippen molar-refractivity contribution >= 4 is 27.5 Å². The number of nitrogens with one attached hydrogen (secondary N) is 1. The Morgan fingerprint density at radius 1 is 1.15 bits per heavy atom. The lowest BCUT2D eigenvalue weighted by Crippen LogP contribution is -2.13. The van der Waals surface area contributed by atoms with Gasteiger partial charge in [0.25, 0.3) is 5.91 Å². The SMILES string of the molecule is CCc1ccc(C(=O)Nc2cc(F)c(Br)cc2F)cc1. The van der Waals surface area contributed by atoms with Gasteiger partial charge in [-0.05, 0) is 46.1 Å². The fourth-order valence-corrected chi connectivity index (χ4v) is 2.02. The normalized spacial score (nSPS) is 10.4. The van der Waals surface area contributed by atoms with Gasteiger partial charge in [0.2, 0.25) is 0 Å². The number of rotatable bonds is 3. The summed E-state index contributed by atoms with van der Waals surface area (Å²) in [5.41, 5.74) is 1.31. The molecule has 0 heterocycles. The summed E-state index contributed by atoms with van der Waals surface area (Å²) >= 11 is 2.88. The summed E-state index contributed by atoms with van der Waals surface area (Å²) in [5.74, 6) is -1.81. The number of halogens is 3. The zero-order chi connectivity index (χ0) is 14.7. The lowest BCUT2D eigenvalue weighted by Gasteiger charge is -2.08. The predicted molar refractivity (Wildman–Crippen MR) is 77.8 cm³/mol. The molecule has 0 fully saturated rings. The molecule has 0 spiro atoms. The Morgan fingerprint density at radius 3 is 2.40 bits per heavy atom. The minimum Gasteiger partial charge on any atom is -0.319 e. The molecule has 0 atom stereocenters. The van der Waals surface area contributed by atoms with Crippen molar-refractivity contribution in [3.63, 3.8) is 0 Å². The average molecular weight is 340 g/mol. The minimum atomic E-state index is -0.697. The number of amides is 1. The Labute approximate surface area is 123 Å². The van der Waals surface area contributed by atoms with Crippen molar-refractivity contribution in [3.05, 3.63) is 63.6 Å². The van der Waals surface area contributed by atoms with Crippen LogP contribution in [0, 0.1) is 11.6 Å². The molecule has 2 aromatic rings. The van der Waals surface area contributed by atoms with E-state index < -0.39 is 17.5 Å². The van der Waals surface area contributed by atoms with Crippen LogP contribution in [0.2, 0.25) is 0 Å². The van der Waals surface area contributed by atoms with Crippen LogP contribution in [0.15, 0.2) is 40.9 Å². The van der Waals surface area contributed by atoms with Crippen molar-refractivity contribution in [1.29, 1.82) is 0 Å². The first-order chi connectivity index (χ1) is 9.51. The third-order valence-corrected chi connectivity index (χ3v) is 3.49. The Kier molecular flexibility index (Phi) is 4.49. The first-order valence-electron chi connectivity index (χ1n) is 6.06. The van der Waals surface area contributed by atoms with Gasteiger partial charge in [0, 0.05) is 11.6 Å². The summed E-state index contributed by atoms with van der Waals surface area (Å²) in [7, 11) is 0. The maximum Gasteiger partial charge on any atom is 0.255 e. The average Bonchev–Trinajstić information content (AvgIpc) is 2.44. The molecule has 0 aliphatic carbocycles. The Bertz CT molecular complexity index is 641. The highest BCUT2D eigenvalue weighted by atomic mass is 79.9. The van der Waals surface area contributed by atoms with E-state index in [2.05, 4.69) is 21.2 Å². The van der Waals surface area contributed by atoms with Gasteiger partial charge >= 0.3 is 0 Å². The molecule has 0 unspecified atom stereocenters. The van der Waals surface area contributed by atoms with Crippen LogP contribution in [0.25, 0.3) is 0 Å². The van der Waals surface area contributed by atoms with Crippen LogP contribution in [0.5, 0.6) is 0 Å². The van der Waals surface area contributed by atoms with Crippen molar-refractivity contribution in [2.75, 3.05) is 5.32 Å². The number of hydrogen-bond acceptors (Lipinski definition) is 1. The zero-order valence-corrected chi connectivity index (χ0v) is 12.3. The van der Waals surface area contributed by atoms with Crippen LogP contribution in [0.1, 0.15) is 22.8 Å². The van der Waals surface area contributed by atoms with Crippen LogP contribution in [-0.2, 0) is 6.42 Å². The summed E-state index contributed by atoms with van der Waals surface area (Å²) in [5, 5.41) is 2.36. The second-order valence-corrected chi connectivity index (χ2v) is 5.11. The molecule has 0 saturated carbocycles. The molecule has 1 amide bonds. The van der Waals surface area contributed by atoms with E-state index in [-0.39, 0.29) is 10.2 Å². The van der Waals surface area contributed by atoms with Crippen molar-refractivity contribution in [1.82, 2.24) is 0 Å². The van der Waals surface area contributed by atoms with Gasteiger partial charge in [0.05, 0.1) is 10.2 Å². The number of aryl methyl sites for hydroxylation is 1. The van der Waals surface area contributed by atoms with Crippen molar-refractivity contribution in [2.45, 2.75) is 13.3 Å². The topological polar surface area (TPSA) is 29.1 Å². The van der Waals surface area contributed by atoms with Gasteiger partial charge in [-0.1, -0.05) is 19.1 Å². The maximum absolute atomic E-state index is 13.6. The van der Waals surface area contributed by atoms with Crippen LogP contribution in [0.3, 0.4) is 0 Å². The van der Waals surface area contributed by atoms with E-state index in [1.165, 1.54) is 0 Å². The molecule has 104 valence electrons. The molecule has 0 bridgehead atoms. The second-order valence-electron chi connectivity index (χ2n) is 4.25. The Balaban J connectivity index is 2.20. The van der Waals surface area contributed by atoms with E-state index in [1.54, 1.807) is 12.1 Å². The lowest BCUT2D eigenvalue weighted by atomic mass is 10.1. The van der Waals surface area contributed by atoms with Gasteiger partial charge in [-0.3, -0.25) is 4.79 Å². The summed E-state index contributed by atoms with van der Waals surface area (Å²) in [4.78, 5) is 12.0.